The smallest absolute Gasteiger partial charge is 0.338 e. The van der Waals surface area contributed by atoms with E-state index in [4.69, 9.17) is 16.0 Å². The van der Waals surface area contributed by atoms with E-state index in [0.29, 0.717) is 16.6 Å². The van der Waals surface area contributed by atoms with Crippen LogP contribution in [0.25, 0.3) is 17.0 Å². The summed E-state index contributed by atoms with van der Waals surface area (Å²) in [7, 11) is 0. The van der Waals surface area contributed by atoms with Crippen molar-refractivity contribution in [1.29, 1.82) is 0 Å². The highest BCUT2D eigenvalue weighted by atomic mass is 79.9. The van der Waals surface area contributed by atoms with E-state index in [0.717, 1.165) is 41.5 Å². The molecule has 1 saturated heterocycles. The molecular weight excluding hydrogens is 440 g/mol. The Morgan fingerprint density at radius 1 is 1.14 bits per heavy atom. The van der Waals surface area contributed by atoms with Gasteiger partial charge in [-0.3, -0.25) is 0 Å². The minimum absolute atomic E-state index is 0.303. The number of anilines is 1. The Bertz CT molecular complexity index is 1070. The molecule has 1 aliphatic heterocycles. The normalized spacial score (nSPS) is 15.4. The molecule has 1 fully saturated rings. The zero-order valence-electron chi connectivity index (χ0n) is 15.2. The lowest BCUT2D eigenvalue weighted by molar-refractivity contribution is 0.295. The maximum atomic E-state index is 11.9. The minimum atomic E-state index is -0.355. The van der Waals surface area contributed by atoms with Crippen LogP contribution in [0.3, 0.4) is 0 Å². The minimum Gasteiger partial charge on any atom is -0.423 e. The van der Waals surface area contributed by atoms with Gasteiger partial charge in [-0.2, -0.15) is 0 Å². The van der Waals surface area contributed by atoms with Crippen molar-refractivity contribution in [2.45, 2.75) is 18.9 Å². The number of benzene rings is 2. The van der Waals surface area contributed by atoms with E-state index in [9.17, 15) is 4.79 Å². The first-order chi connectivity index (χ1) is 13.6. The van der Waals surface area contributed by atoms with Gasteiger partial charge >= 0.3 is 5.63 Å². The Morgan fingerprint density at radius 3 is 2.71 bits per heavy atom. The molecule has 28 heavy (non-hydrogen) atoms. The van der Waals surface area contributed by atoms with Gasteiger partial charge in [0.15, 0.2) is 0 Å². The molecular formula is C22H20BrClN2O2. The number of hydrogen-bond donors (Lipinski definition) is 1. The van der Waals surface area contributed by atoms with Crippen molar-refractivity contribution < 1.29 is 4.42 Å². The molecule has 1 aromatic heterocycles. The number of rotatable bonds is 4. The van der Waals surface area contributed by atoms with E-state index in [2.05, 4.69) is 44.5 Å². The average Bonchev–Trinajstić information content (AvgIpc) is 2.69. The summed E-state index contributed by atoms with van der Waals surface area (Å²) in [5, 5.41) is 4.98. The van der Waals surface area contributed by atoms with E-state index >= 15 is 0 Å². The second-order valence-electron chi connectivity index (χ2n) is 6.91. The highest BCUT2D eigenvalue weighted by Gasteiger charge is 2.18. The van der Waals surface area contributed by atoms with Crippen LogP contribution in [0, 0.1) is 0 Å². The van der Waals surface area contributed by atoms with Gasteiger partial charge in [-0.1, -0.05) is 45.7 Å². The molecule has 0 bridgehead atoms. The first-order valence-corrected chi connectivity index (χ1v) is 10.4. The van der Waals surface area contributed by atoms with Crippen LogP contribution < -0.4 is 10.9 Å². The maximum absolute atomic E-state index is 11.9. The second-order valence-corrected chi connectivity index (χ2v) is 8.20. The van der Waals surface area contributed by atoms with Crippen LogP contribution >= 0.6 is 27.5 Å². The summed E-state index contributed by atoms with van der Waals surface area (Å²) >= 11 is 9.70. The van der Waals surface area contributed by atoms with Gasteiger partial charge in [0.1, 0.15) is 5.58 Å². The van der Waals surface area contributed by atoms with Crippen molar-refractivity contribution >= 4 is 50.3 Å². The highest BCUT2D eigenvalue weighted by Crippen LogP contribution is 2.27. The average molecular weight is 460 g/mol. The molecule has 0 amide bonds. The lowest BCUT2D eigenvalue weighted by atomic mass is 10.0. The van der Waals surface area contributed by atoms with E-state index in [-0.39, 0.29) is 5.63 Å². The van der Waals surface area contributed by atoms with Gasteiger partial charge in [0.2, 0.25) is 0 Å². The van der Waals surface area contributed by atoms with Crippen LogP contribution in [0.1, 0.15) is 18.4 Å². The number of piperidine rings is 1. The summed E-state index contributed by atoms with van der Waals surface area (Å²) in [5.74, 6) is 0. The molecule has 1 N–H and O–H groups in total. The molecule has 0 unspecified atom stereocenters. The Labute approximate surface area is 176 Å². The van der Waals surface area contributed by atoms with Crippen molar-refractivity contribution in [1.82, 2.24) is 4.90 Å². The first kappa shape index (κ1) is 19.1. The fourth-order valence-electron chi connectivity index (χ4n) is 3.46. The molecule has 0 radical (unpaired) electrons. The van der Waals surface area contributed by atoms with Gasteiger partial charge < -0.3 is 14.6 Å². The van der Waals surface area contributed by atoms with Crippen molar-refractivity contribution in [3.8, 4) is 0 Å². The zero-order valence-corrected chi connectivity index (χ0v) is 17.5. The van der Waals surface area contributed by atoms with Gasteiger partial charge in [0.05, 0.1) is 5.69 Å². The largest absolute Gasteiger partial charge is 0.423 e. The molecule has 4 rings (SSSR count). The van der Waals surface area contributed by atoms with Gasteiger partial charge in [-0.15, -0.1) is 0 Å². The summed E-state index contributed by atoms with van der Waals surface area (Å²) in [4.78, 5) is 14.2. The summed E-state index contributed by atoms with van der Waals surface area (Å²) in [6.07, 6.45) is 6.27. The van der Waals surface area contributed by atoms with Gasteiger partial charge in [0.25, 0.3) is 0 Å². The van der Waals surface area contributed by atoms with Gasteiger partial charge in [0, 0.05) is 40.1 Å². The predicted molar refractivity (Wildman–Crippen MR) is 119 cm³/mol. The molecule has 0 aliphatic carbocycles. The summed E-state index contributed by atoms with van der Waals surface area (Å²) in [6.45, 7) is 1.91. The molecule has 0 spiro atoms. The van der Waals surface area contributed by atoms with E-state index < -0.39 is 0 Å². The molecule has 0 atom stereocenters. The van der Waals surface area contributed by atoms with E-state index in [1.165, 1.54) is 11.6 Å². The summed E-state index contributed by atoms with van der Waals surface area (Å²) < 4.78 is 6.37. The van der Waals surface area contributed by atoms with Crippen LogP contribution in [0.5, 0.6) is 0 Å². The second kappa shape index (κ2) is 8.41. The van der Waals surface area contributed by atoms with Crippen molar-refractivity contribution in [2.75, 3.05) is 18.4 Å². The third-order valence-electron chi connectivity index (χ3n) is 4.96. The molecule has 1 aliphatic rings. The topological polar surface area (TPSA) is 45.5 Å². The number of hydrogen-bond acceptors (Lipinski definition) is 4. The van der Waals surface area contributed by atoms with Crippen molar-refractivity contribution in [3.05, 3.63) is 80.2 Å². The lowest BCUT2D eigenvalue weighted by Crippen LogP contribution is -2.36. The van der Waals surface area contributed by atoms with Crippen LogP contribution in [-0.4, -0.2) is 24.0 Å². The Kier molecular flexibility index (Phi) is 5.74. The first-order valence-electron chi connectivity index (χ1n) is 9.25. The number of fused-ring (bicyclic) bond motifs is 1. The van der Waals surface area contributed by atoms with Gasteiger partial charge in [-0.05, 0) is 54.9 Å². The lowest BCUT2D eigenvalue weighted by Gasteiger charge is -2.32. The Balaban J connectivity index is 1.42. The summed E-state index contributed by atoms with van der Waals surface area (Å²) in [6, 6.07) is 15.3. The SMILES string of the molecule is O=c1cc(NC2CCN(/C=C/c3ccccc3Br)CC2)c2cc(Cl)ccc2o1. The van der Waals surface area contributed by atoms with E-state index in [1.807, 2.05) is 24.3 Å². The fourth-order valence-corrected chi connectivity index (χ4v) is 4.05. The Morgan fingerprint density at radius 2 is 1.93 bits per heavy atom. The number of nitrogens with one attached hydrogen (secondary N) is 1. The molecule has 4 nitrogen and oxygen atoms in total. The van der Waals surface area contributed by atoms with Crippen LogP contribution in [-0.2, 0) is 0 Å². The molecule has 2 aromatic carbocycles. The third-order valence-corrected chi connectivity index (χ3v) is 5.92. The van der Waals surface area contributed by atoms with Crippen LogP contribution in [0.15, 0.2) is 68.4 Å². The van der Waals surface area contributed by atoms with Gasteiger partial charge in [-0.25, -0.2) is 4.79 Å². The predicted octanol–water partition coefficient (Wildman–Crippen LogP) is 5.76. The molecule has 144 valence electrons. The van der Waals surface area contributed by atoms with Crippen LogP contribution in [0.4, 0.5) is 5.69 Å². The highest BCUT2D eigenvalue weighted by molar-refractivity contribution is 9.10. The maximum Gasteiger partial charge on any atom is 0.338 e. The third kappa shape index (κ3) is 4.42. The fraction of sp³-hybridized carbons (Fsp3) is 0.227. The number of likely N-dealkylation sites (tertiary alicyclic amines) is 1. The van der Waals surface area contributed by atoms with Crippen molar-refractivity contribution in [2.24, 2.45) is 0 Å². The zero-order chi connectivity index (χ0) is 19.5. The van der Waals surface area contributed by atoms with Crippen LogP contribution in [0.2, 0.25) is 5.02 Å². The van der Waals surface area contributed by atoms with E-state index in [1.54, 1.807) is 12.1 Å². The quantitative estimate of drug-likeness (QED) is 0.504. The molecule has 6 heteroatoms. The summed E-state index contributed by atoms with van der Waals surface area (Å²) in [5.41, 5.74) is 2.15. The molecule has 2 heterocycles. The number of halogens is 2. The molecule has 0 saturated carbocycles. The Hall–Kier alpha value is -2.24. The standard InChI is InChI=1S/C22H20BrClN2O2/c23-19-4-2-1-3-15(19)7-10-26-11-8-17(9-12-26)25-20-14-22(27)28-21-6-5-16(24)13-18(20)21/h1-7,10,13-14,17,25H,8-9,11-12H2/b10-7+. The molecule has 3 aromatic rings. The van der Waals surface area contributed by atoms with Crippen molar-refractivity contribution in [3.63, 3.8) is 0 Å². The monoisotopic (exact) mass is 458 g/mol. The number of nitrogens with zero attached hydrogens (tertiary/aromatic N) is 1.